The van der Waals surface area contributed by atoms with Crippen molar-refractivity contribution in [2.24, 2.45) is 0 Å². The van der Waals surface area contributed by atoms with Gasteiger partial charge in [0.15, 0.2) is 5.78 Å². The molecule has 0 aliphatic heterocycles. The summed E-state index contributed by atoms with van der Waals surface area (Å²) in [6.45, 7) is 0. The second-order valence-corrected chi connectivity index (χ2v) is 3.40. The average molecular weight is 212 g/mol. The number of hydrogen-bond donors (Lipinski definition) is 1. The number of benzene rings is 1. The van der Waals surface area contributed by atoms with E-state index < -0.39 is 0 Å². The minimum Gasteiger partial charge on any atom is -0.388 e. The number of hydrogen-bond acceptors (Lipinski definition) is 3. The van der Waals surface area contributed by atoms with Gasteiger partial charge >= 0.3 is 0 Å². The molecule has 0 atom stereocenters. The van der Waals surface area contributed by atoms with Gasteiger partial charge in [-0.05, 0) is 24.3 Å². The van der Waals surface area contributed by atoms with Crippen LogP contribution in [0.3, 0.4) is 0 Å². The largest absolute Gasteiger partial charge is 0.388 e. The molecule has 16 heavy (non-hydrogen) atoms. The van der Waals surface area contributed by atoms with Crippen molar-refractivity contribution in [3.63, 3.8) is 0 Å². The van der Waals surface area contributed by atoms with Gasteiger partial charge in [-0.25, -0.2) is 0 Å². The van der Waals surface area contributed by atoms with Crippen LogP contribution in [0.4, 0.5) is 5.69 Å². The van der Waals surface area contributed by atoms with E-state index in [0.717, 1.165) is 5.69 Å². The van der Waals surface area contributed by atoms with E-state index in [0.29, 0.717) is 11.1 Å². The van der Waals surface area contributed by atoms with Crippen molar-refractivity contribution in [1.82, 2.24) is 4.98 Å². The average Bonchev–Trinajstić information content (AvgIpc) is 2.39. The van der Waals surface area contributed by atoms with Crippen LogP contribution in [-0.2, 0) is 0 Å². The van der Waals surface area contributed by atoms with Gasteiger partial charge in [0.25, 0.3) is 0 Å². The van der Waals surface area contributed by atoms with Crippen molar-refractivity contribution >= 4 is 11.5 Å². The Morgan fingerprint density at radius 2 is 1.88 bits per heavy atom. The smallest absolute Gasteiger partial charge is 0.193 e. The molecular weight excluding hydrogens is 200 g/mol. The Morgan fingerprint density at radius 3 is 2.56 bits per heavy atom. The Bertz CT molecular complexity index is 494. The topological polar surface area (TPSA) is 42.0 Å². The molecule has 0 aliphatic carbocycles. The van der Waals surface area contributed by atoms with E-state index in [1.165, 1.54) is 0 Å². The molecule has 0 aliphatic rings. The molecule has 3 nitrogen and oxygen atoms in total. The molecule has 0 saturated carbocycles. The number of carbonyl (C=O) groups is 1. The zero-order valence-electron chi connectivity index (χ0n) is 8.97. The quantitative estimate of drug-likeness (QED) is 0.794. The number of aromatic nitrogens is 1. The summed E-state index contributed by atoms with van der Waals surface area (Å²) in [5.74, 6) is 0.0134. The van der Waals surface area contributed by atoms with Crippen LogP contribution >= 0.6 is 0 Å². The molecule has 2 rings (SSSR count). The van der Waals surface area contributed by atoms with Gasteiger partial charge in [0.05, 0.1) is 0 Å². The number of ketones is 1. The molecule has 0 radical (unpaired) electrons. The van der Waals surface area contributed by atoms with Crippen LogP contribution in [0.2, 0.25) is 0 Å². The minimum absolute atomic E-state index is 0.0134. The third kappa shape index (κ3) is 2.08. The van der Waals surface area contributed by atoms with Crippen molar-refractivity contribution in [2.75, 3.05) is 12.4 Å². The van der Waals surface area contributed by atoms with Crippen molar-refractivity contribution < 1.29 is 4.79 Å². The van der Waals surface area contributed by atoms with Gasteiger partial charge in [-0.2, -0.15) is 0 Å². The fourth-order valence-electron chi connectivity index (χ4n) is 1.49. The highest BCUT2D eigenvalue weighted by molar-refractivity contribution is 6.09. The van der Waals surface area contributed by atoms with Gasteiger partial charge in [0.1, 0.15) is 0 Å². The summed E-state index contributed by atoms with van der Waals surface area (Å²) < 4.78 is 0. The summed E-state index contributed by atoms with van der Waals surface area (Å²) in [5, 5.41) is 3.01. The SMILES string of the molecule is CNc1cccc(C(=O)c2ccncc2)c1. The van der Waals surface area contributed by atoms with Gasteiger partial charge in [0, 0.05) is 36.3 Å². The zero-order chi connectivity index (χ0) is 11.4. The molecule has 80 valence electrons. The first-order valence-electron chi connectivity index (χ1n) is 5.04. The first-order chi connectivity index (χ1) is 7.81. The Kier molecular flexibility index (Phi) is 2.96. The summed E-state index contributed by atoms with van der Waals surface area (Å²) in [7, 11) is 1.83. The van der Waals surface area contributed by atoms with E-state index in [-0.39, 0.29) is 5.78 Å². The maximum Gasteiger partial charge on any atom is 0.193 e. The van der Waals surface area contributed by atoms with Crippen LogP contribution in [0, 0.1) is 0 Å². The van der Waals surface area contributed by atoms with Crippen LogP contribution in [0.1, 0.15) is 15.9 Å². The molecule has 1 aromatic heterocycles. The summed E-state index contributed by atoms with van der Waals surface area (Å²) in [5.41, 5.74) is 2.27. The molecule has 0 spiro atoms. The van der Waals surface area contributed by atoms with E-state index in [1.807, 2.05) is 31.3 Å². The molecular formula is C13H12N2O. The molecule has 1 N–H and O–H groups in total. The van der Waals surface area contributed by atoms with E-state index in [1.54, 1.807) is 24.5 Å². The maximum atomic E-state index is 12.1. The first-order valence-corrected chi connectivity index (χ1v) is 5.04. The van der Waals surface area contributed by atoms with E-state index >= 15 is 0 Å². The molecule has 3 heteroatoms. The number of pyridine rings is 1. The number of nitrogens with zero attached hydrogens (tertiary/aromatic N) is 1. The molecule has 0 unspecified atom stereocenters. The van der Waals surface area contributed by atoms with Crippen molar-refractivity contribution in [3.05, 3.63) is 59.9 Å². The van der Waals surface area contributed by atoms with Crippen molar-refractivity contribution in [1.29, 1.82) is 0 Å². The van der Waals surface area contributed by atoms with E-state index in [4.69, 9.17) is 0 Å². The summed E-state index contributed by atoms with van der Waals surface area (Å²) in [4.78, 5) is 15.9. The molecule has 2 aromatic rings. The predicted molar refractivity (Wildman–Crippen MR) is 63.7 cm³/mol. The van der Waals surface area contributed by atoms with Crippen LogP contribution in [0.25, 0.3) is 0 Å². The maximum absolute atomic E-state index is 12.1. The third-order valence-corrected chi connectivity index (χ3v) is 2.36. The third-order valence-electron chi connectivity index (χ3n) is 2.36. The lowest BCUT2D eigenvalue weighted by molar-refractivity contribution is 0.103. The van der Waals surface area contributed by atoms with Gasteiger partial charge in [-0.3, -0.25) is 9.78 Å². The van der Waals surface area contributed by atoms with E-state index in [9.17, 15) is 4.79 Å². The van der Waals surface area contributed by atoms with Crippen LogP contribution in [0.15, 0.2) is 48.8 Å². The second kappa shape index (κ2) is 4.57. The molecule has 0 saturated heterocycles. The lowest BCUT2D eigenvalue weighted by Gasteiger charge is -2.03. The standard InChI is InChI=1S/C13H12N2O/c1-14-12-4-2-3-11(9-12)13(16)10-5-7-15-8-6-10/h2-9,14H,1H3. The highest BCUT2D eigenvalue weighted by Crippen LogP contribution is 2.13. The minimum atomic E-state index is 0.0134. The number of carbonyl (C=O) groups excluding carboxylic acids is 1. The molecule has 1 aromatic carbocycles. The molecule has 0 fully saturated rings. The molecule has 0 bridgehead atoms. The highest BCUT2D eigenvalue weighted by atomic mass is 16.1. The van der Waals surface area contributed by atoms with Crippen LogP contribution < -0.4 is 5.32 Å². The molecule has 1 heterocycles. The summed E-state index contributed by atoms with van der Waals surface area (Å²) in [6.07, 6.45) is 3.24. The fraction of sp³-hybridized carbons (Fsp3) is 0.0769. The lowest BCUT2D eigenvalue weighted by atomic mass is 10.0. The van der Waals surface area contributed by atoms with Gasteiger partial charge in [-0.15, -0.1) is 0 Å². The Balaban J connectivity index is 2.34. The Labute approximate surface area is 94.1 Å². The second-order valence-electron chi connectivity index (χ2n) is 3.40. The van der Waals surface area contributed by atoms with E-state index in [2.05, 4.69) is 10.3 Å². The fourth-order valence-corrected chi connectivity index (χ4v) is 1.49. The van der Waals surface area contributed by atoms with Crippen LogP contribution in [-0.4, -0.2) is 17.8 Å². The van der Waals surface area contributed by atoms with Crippen molar-refractivity contribution in [2.45, 2.75) is 0 Å². The Morgan fingerprint density at radius 1 is 1.12 bits per heavy atom. The van der Waals surface area contributed by atoms with Crippen molar-refractivity contribution in [3.8, 4) is 0 Å². The van der Waals surface area contributed by atoms with Gasteiger partial charge in [-0.1, -0.05) is 12.1 Å². The number of rotatable bonds is 3. The Hall–Kier alpha value is -2.16. The lowest BCUT2D eigenvalue weighted by Crippen LogP contribution is -2.01. The zero-order valence-corrected chi connectivity index (χ0v) is 8.97. The number of anilines is 1. The molecule has 0 amide bonds. The summed E-state index contributed by atoms with van der Waals surface area (Å²) in [6, 6.07) is 10.9. The summed E-state index contributed by atoms with van der Waals surface area (Å²) >= 11 is 0. The first kappa shape index (κ1) is 10.4. The highest BCUT2D eigenvalue weighted by Gasteiger charge is 2.08. The van der Waals surface area contributed by atoms with Crippen LogP contribution in [0.5, 0.6) is 0 Å². The van der Waals surface area contributed by atoms with Gasteiger partial charge in [0.2, 0.25) is 0 Å². The predicted octanol–water partition coefficient (Wildman–Crippen LogP) is 2.35. The van der Waals surface area contributed by atoms with Gasteiger partial charge < -0.3 is 5.32 Å². The number of nitrogens with one attached hydrogen (secondary N) is 1. The monoisotopic (exact) mass is 212 g/mol. The normalized spacial score (nSPS) is 9.81.